The first-order chi connectivity index (χ1) is 9.54. The Kier molecular flexibility index (Phi) is 2.77. The van der Waals surface area contributed by atoms with E-state index in [1.165, 1.54) is 4.90 Å². The highest BCUT2D eigenvalue weighted by Crippen LogP contribution is 2.26. The van der Waals surface area contributed by atoms with Crippen molar-refractivity contribution in [2.75, 3.05) is 13.1 Å². The van der Waals surface area contributed by atoms with Gasteiger partial charge in [0.25, 0.3) is 11.8 Å². The third-order valence-corrected chi connectivity index (χ3v) is 3.79. The van der Waals surface area contributed by atoms with Crippen LogP contribution in [-0.2, 0) is 11.2 Å². The van der Waals surface area contributed by atoms with Crippen molar-refractivity contribution in [3.63, 3.8) is 0 Å². The van der Waals surface area contributed by atoms with Gasteiger partial charge in [0, 0.05) is 13.0 Å². The van der Waals surface area contributed by atoms with Crippen LogP contribution in [0.15, 0.2) is 16.5 Å². The van der Waals surface area contributed by atoms with Gasteiger partial charge in [-0.3, -0.25) is 14.9 Å². The Hall–Kier alpha value is -2.31. The fourth-order valence-electron chi connectivity index (χ4n) is 2.64. The Morgan fingerprint density at radius 2 is 2.25 bits per heavy atom. The first kappa shape index (κ1) is 12.7. The van der Waals surface area contributed by atoms with E-state index in [1.807, 2.05) is 6.92 Å². The summed E-state index contributed by atoms with van der Waals surface area (Å²) < 4.78 is 5.43. The Morgan fingerprint density at radius 3 is 2.85 bits per heavy atom. The molecular weight excluding hydrogens is 262 g/mol. The molecule has 0 aromatic carbocycles. The van der Waals surface area contributed by atoms with Crippen LogP contribution in [0.1, 0.15) is 29.7 Å². The van der Waals surface area contributed by atoms with Gasteiger partial charge >= 0.3 is 6.03 Å². The zero-order valence-electron chi connectivity index (χ0n) is 11.1. The lowest BCUT2D eigenvalue weighted by atomic mass is 10.00. The summed E-state index contributed by atoms with van der Waals surface area (Å²) in [4.78, 5) is 36.9. The molecule has 1 atom stereocenters. The van der Waals surface area contributed by atoms with Crippen molar-refractivity contribution in [1.82, 2.24) is 15.5 Å². The number of likely N-dealkylation sites (tertiary alicyclic amines) is 1. The van der Waals surface area contributed by atoms with Crippen molar-refractivity contribution < 1.29 is 18.8 Å². The van der Waals surface area contributed by atoms with Crippen molar-refractivity contribution >= 4 is 17.8 Å². The summed E-state index contributed by atoms with van der Waals surface area (Å²) in [5, 5.41) is 4.82. The van der Waals surface area contributed by atoms with Crippen molar-refractivity contribution in [1.29, 1.82) is 0 Å². The maximum absolute atomic E-state index is 12.3. The average molecular weight is 277 g/mol. The Bertz CT molecular complexity index is 594. The molecule has 2 aliphatic rings. The van der Waals surface area contributed by atoms with Crippen molar-refractivity contribution in [3.8, 4) is 0 Å². The molecule has 0 aliphatic carbocycles. The van der Waals surface area contributed by atoms with E-state index < -0.39 is 11.6 Å². The molecule has 3 heterocycles. The molecule has 0 bridgehead atoms. The van der Waals surface area contributed by atoms with E-state index >= 15 is 0 Å². The molecular formula is C13H15N3O4. The van der Waals surface area contributed by atoms with Crippen LogP contribution in [0.5, 0.6) is 0 Å². The Morgan fingerprint density at radius 1 is 1.45 bits per heavy atom. The molecule has 1 unspecified atom stereocenters. The fourth-order valence-corrected chi connectivity index (χ4v) is 2.64. The van der Waals surface area contributed by atoms with Crippen LogP contribution in [0.2, 0.25) is 0 Å². The van der Waals surface area contributed by atoms with Gasteiger partial charge in [0.05, 0.1) is 6.54 Å². The number of amides is 4. The van der Waals surface area contributed by atoms with Crippen LogP contribution >= 0.6 is 0 Å². The van der Waals surface area contributed by atoms with Gasteiger partial charge in [-0.05, 0) is 18.6 Å². The lowest BCUT2D eigenvalue weighted by Gasteiger charge is -2.20. The third-order valence-electron chi connectivity index (χ3n) is 3.79. The van der Waals surface area contributed by atoms with Crippen LogP contribution in [0, 0.1) is 0 Å². The molecule has 7 nitrogen and oxygen atoms in total. The molecule has 4 amide bonds. The predicted molar refractivity (Wildman–Crippen MR) is 68.0 cm³/mol. The number of urea groups is 1. The number of rotatable bonds is 2. The minimum Gasteiger partial charge on any atom is -0.456 e. The summed E-state index contributed by atoms with van der Waals surface area (Å²) in [5.41, 5.74) is -0.979. The maximum atomic E-state index is 12.3. The molecule has 2 N–H and O–H groups in total. The van der Waals surface area contributed by atoms with E-state index in [0.717, 1.165) is 12.2 Å². The lowest BCUT2D eigenvalue weighted by Crippen LogP contribution is -2.49. The van der Waals surface area contributed by atoms with Crippen LogP contribution in [0.25, 0.3) is 0 Å². The molecule has 3 rings (SSSR count). The SMILES string of the molecule is CCc1ccc(C(=O)N2CCC3(C2)NC(=O)NC3=O)o1. The molecule has 1 spiro atoms. The quantitative estimate of drug-likeness (QED) is 0.759. The van der Waals surface area contributed by atoms with Gasteiger partial charge in [-0.1, -0.05) is 6.92 Å². The molecule has 2 aliphatic heterocycles. The molecule has 1 aromatic rings. The van der Waals surface area contributed by atoms with E-state index in [-0.39, 0.29) is 24.1 Å². The maximum Gasteiger partial charge on any atom is 0.322 e. The smallest absolute Gasteiger partial charge is 0.322 e. The minimum atomic E-state index is -0.979. The van der Waals surface area contributed by atoms with Gasteiger partial charge in [0.2, 0.25) is 0 Å². The molecule has 106 valence electrons. The number of imide groups is 1. The molecule has 1 aromatic heterocycles. The summed E-state index contributed by atoms with van der Waals surface area (Å²) in [6, 6.07) is 2.90. The number of furan rings is 1. The minimum absolute atomic E-state index is 0.172. The lowest BCUT2D eigenvalue weighted by molar-refractivity contribution is -0.123. The second kappa shape index (κ2) is 4.36. The van der Waals surface area contributed by atoms with Crippen molar-refractivity contribution in [3.05, 3.63) is 23.7 Å². The van der Waals surface area contributed by atoms with E-state index in [4.69, 9.17) is 4.42 Å². The summed E-state index contributed by atoms with van der Waals surface area (Å²) in [6.45, 7) is 2.52. The summed E-state index contributed by atoms with van der Waals surface area (Å²) in [7, 11) is 0. The molecule has 0 saturated carbocycles. The van der Waals surface area contributed by atoms with Gasteiger partial charge in [-0.15, -0.1) is 0 Å². The van der Waals surface area contributed by atoms with E-state index in [0.29, 0.717) is 13.0 Å². The highest BCUT2D eigenvalue weighted by Gasteiger charge is 2.51. The monoisotopic (exact) mass is 277 g/mol. The summed E-state index contributed by atoms with van der Waals surface area (Å²) in [5.74, 6) is 0.389. The first-order valence-electron chi connectivity index (χ1n) is 6.56. The Labute approximate surface area is 115 Å². The number of nitrogens with zero attached hydrogens (tertiary/aromatic N) is 1. The van der Waals surface area contributed by atoms with Gasteiger partial charge < -0.3 is 14.6 Å². The van der Waals surface area contributed by atoms with Crippen LogP contribution < -0.4 is 10.6 Å². The zero-order chi connectivity index (χ0) is 14.3. The normalized spacial score (nSPS) is 25.1. The van der Waals surface area contributed by atoms with E-state index in [2.05, 4.69) is 10.6 Å². The number of carbonyl (C=O) groups excluding carboxylic acids is 3. The van der Waals surface area contributed by atoms with Crippen molar-refractivity contribution in [2.24, 2.45) is 0 Å². The van der Waals surface area contributed by atoms with Crippen LogP contribution in [-0.4, -0.2) is 41.4 Å². The third kappa shape index (κ3) is 1.86. The largest absolute Gasteiger partial charge is 0.456 e. The van der Waals surface area contributed by atoms with Crippen LogP contribution in [0.3, 0.4) is 0 Å². The number of hydrogen-bond donors (Lipinski definition) is 2. The topological polar surface area (TPSA) is 91.7 Å². The van der Waals surface area contributed by atoms with Crippen molar-refractivity contribution in [2.45, 2.75) is 25.3 Å². The van der Waals surface area contributed by atoms with E-state index in [9.17, 15) is 14.4 Å². The average Bonchev–Trinajstić information content (AvgIpc) is 3.10. The van der Waals surface area contributed by atoms with Gasteiger partial charge in [-0.2, -0.15) is 0 Å². The van der Waals surface area contributed by atoms with Gasteiger partial charge in [0.15, 0.2) is 5.76 Å². The summed E-state index contributed by atoms with van der Waals surface area (Å²) >= 11 is 0. The zero-order valence-corrected chi connectivity index (χ0v) is 11.1. The molecule has 0 radical (unpaired) electrons. The second-order valence-corrected chi connectivity index (χ2v) is 5.09. The standard InChI is InChI=1S/C13H15N3O4/c1-2-8-3-4-9(20-8)10(17)16-6-5-13(7-16)11(18)14-12(19)15-13/h3-4H,2,5-7H2,1H3,(H2,14,15,18,19). The highest BCUT2D eigenvalue weighted by atomic mass is 16.4. The predicted octanol–water partition coefficient (Wildman–Crippen LogP) is 0.266. The fraction of sp³-hybridized carbons (Fsp3) is 0.462. The number of aryl methyl sites for hydroxylation is 1. The van der Waals surface area contributed by atoms with Gasteiger partial charge in [-0.25, -0.2) is 4.79 Å². The molecule has 2 saturated heterocycles. The van der Waals surface area contributed by atoms with E-state index in [1.54, 1.807) is 12.1 Å². The first-order valence-corrected chi connectivity index (χ1v) is 6.56. The van der Waals surface area contributed by atoms with Gasteiger partial charge in [0.1, 0.15) is 11.3 Å². The highest BCUT2D eigenvalue weighted by molar-refractivity contribution is 6.08. The second-order valence-electron chi connectivity index (χ2n) is 5.09. The Balaban J connectivity index is 1.75. The number of nitrogens with one attached hydrogen (secondary N) is 2. The summed E-state index contributed by atoms with van der Waals surface area (Å²) in [6.07, 6.45) is 1.13. The molecule has 2 fully saturated rings. The van der Waals surface area contributed by atoms with Crippen LogP contribution in [0.4, 0.5) is 4.79 Å². The molecule has 20 heavy (non-hydrogen) atoms. The number of hydrogen-bond acceptors (Lipinski definition) is 4. The number of carbonyl (C=O) groups is 3. The molecule has 7 heteroatoms.